The van der Waals surface area contributed by atoms with Crippen LogP contribution in [0.25, 0.3) is 57.5 Å². The van der Waals surface area contributed by atoms with Crippen molar-refractivity contribution >= 4 is 81.2 Å². The van der Waals surface area contributed by atoms with Gasteiger partial charge < -0.3 is 9.97 Å². The van der Waals surface area contributed by atoms with Crippen LogP contribution in [-0.2, 0) is 0 Å². The molecule has 0 saturated carbocycles. The Kier molecular flexibility index (Phi) is 4.88. The SMILES string of the molecule is Clc1ccc(Cl)c(-c2cc3cc4ccc(cc5nc(cc6nc(cc2[nH]3)C=C6)C=C5)[nH]4)c1Cl. The minimum atomic E-state index is 0.411. The highest BCUT2D eigenvalue weighted by atomic mass is 35.5. The van der Waals surface area contributed by atoms with Crippen molar-refractivity contribution in [1.29, 1.82) is 0 Å². The molecule has 0 atom stereocenters. The quantitative estimate of drug-likeness (QED) is 0.228. The van der Waals surface area contributed by atoms with E-state index in [0.717, 1.165) is 50.4 Å². The van der Waals surface area contributed by atoms with Crippen molar-refractivity contribution in [2.45, 2.75) is 0 Å². The number of benzene rings is 1. The molecule has 0 aliphatic carbocycles. The largest absolute Gasteiger partial charge is 0.355 e. The third kappa shape index (κ3) is 3.87. The second kappa shape index (κ2) is 7.92. The van der Waals surface area contributed by atoms with Gasteiger partial charge in [-0.25, -0.2) is 9.97 Å². The van der Waals surface area contributed by atoms with Gasteiger partial charge in [0, 0.05) is 33.2 Å². The minimum Gasteiger partial charge on any atom is -0.355 e. The Morgan fingerprint density at radius 2 is 1.15 bits per heavy atom. The first-order chi connectivity index (χ1) is 16.0. The Balaban J connectivity index is 1.71. The van der Waals surface area contributed by atoms with Crippen molar-refractivity contribution in [1.82, 2.24) is 19.9 Å². The Labute approximate surface area is 204 Å². The van der Waals surface area contributed by atoms with Crippen LogP contribution in [0, 0.1) is 0 Å². The minimum absolute atomic E-state index is 0.411. The molecule has 0 unspecified atom stereocenters. The average molecular weight is 490 g/mol. The van der Waals surface area contributed by atoms with Gasteiger partial charge in [0.1, 0.15) is 0 Å². The van der Waals surface area contributed by atoms with E-state index in [-0.39, 0.29) is 0 Å². The first-order valence-electron chi connectivity index (χ1n) is 10.2. The fraction of sp³-hybridized carbons (Fsp3) is 0. The van der Waals surface area contributed by atoms with E-state index in [9.17, 15) is 0 Å². The van der Waals surface area contributed by atoms with Crippen LogP contribution < -0.4 is 0 Å². The van der Waals surface area contributed by atoms with Crippen molar-refractivity contribution in [2.75, 3.05) is 0 Å². The van der Waals surface area contributed by atoms with Gasteiger partial charge in [0.2, 0.25) is 0 Å². The predicted octanol–water partition coefficient (Wildman–Crippen LogP) is 8.28. The monoisotopic (exact) mass is 488 g/mol. The molecule has 0 radical (unpaired) electrons. The molecule has 5 heterocycles. The summed E-state index contributed by atoms with van der Waals surface area (Å²) in [5.74, 6) is 0. The molecule has 0 saturated heterocycles. The molecule has 0 spiro atoms. The van der Waals surface area contributed by atoms with Crippen molar-refractivity contribution in [3.05, 3.63) is 92.4 Å². The van der Waals surface area contributed by atoms with Crippen LogP contribution in [0.3, 0.4) is 0 Å². The van der Waals surface area contributed by atoms with Crippen LogP contribution >= 0.6 is 34.8 Å². The summed E-state index contributed by atoms with van der Waals surface area (Å²) in [6, 6.07) is 17.5. The first kappa shape index (κ1) is 20.3. The van der Waals surface area contributed by atoms with Crippen LogP contribution in [0.5, 0.6) is 0 Å². The molecule has 2 aliphatic rings. The summed E-state index contributed by atoms with van der Waals surface area (Å²) in [6.45, 7) is 0. The van der Waals surface area contributed by atoms with Crippen molar-refractivity contribution < 1.29 is 0 Å². The summed E-state index contributed by atoms with van der Waals surface area (Å²) in [5.41, 5.74) is 8.53. The van der Waals surface area contributed by atoms with Gasteiger partial charge in [0.25, 0.3) is 0 Å². The van der Waals surface area contributed by atoms with Crippen molar-refractivity contribution in [3.8, 4) is 11.1 Å². The number of nitrogens with zero attached hydrogens (tertiary/aromatic N) is 2. The van der Waals surface area contributed by atoms with Gasteiger partial charge in [-0.1, -0.05) is 34.8 Å². The fourth-order valence-corrected chi connectivity index (χ4v) is 4.73. The molecular weight excluding hydrogens is 475 g/mol. The molecule has 3 aromatic heterocycles. The molecule has 6 rings (SSSR count). The zero-order chi connectivity index (χ0) is 22.5. The number of fused-ring (bicyclic) bond motifs is 8. The Morgan fingerprint density at radius 3 is 1.88 bits per heavy atom. The van der Waals surface area contributed by atoms with Crippen LogP contribution in [0.1, 0.15) is 22.8 Å². The number of nitrogens with one attached hydrogen (secondary N) is 2. The number of hydrogen-bond donors (Lipinski definition) is 2. The van der Waals surface area contributed by atoms with Gasteiger partial charge in [-0.05, 0) is 78.9 Å². The second-order valence-electron chi connectivity index (χ2n) is 7.81. The Bertz CT molecular complexity index is 1660. The molecule has 0 fully saturated rings. The van der Waals surface area contributed by atoms with E-state index in [4.69, 9.17) is 39.8 Å². The van der Waals surface area contributed by atoms with Crippen molar-refractivity contribution in [2.24, 2.45) is 0 Å². The number of H-pyrrole nitrogens is 2. The maximum absolute atomic E-state index is 6.58. The molecule has 2 aliphatic heterocycles. The molecule has 1 aromatic carbocycles. The molecule has 8 bridgehead atoms. The lowest BCUT2D eigenvalue weighted by Gasteiger charge is -2.07. The second-order valence-corrected chi connectivity index (χ2v) is 9.00. The maximum Gasteiger partial charge on any atom is 0.0686 e. The van der Waals surface area contributed by atoms with E-state index in [1.165, 1.54) is 0 Å². The van der Waals surface area contributed by atoms with E-state index in [0.29, 0.717) is 20.6 Å². The van der Waals surface area contributed by atoms with E-state index in [1.807, 2.05) is 66.8 Å². The molecule has 0 amide bonds. The number of aromatic nitrogens is 4. The predicted molar refractivity (Wildman–Crippen MR) is 139 cm³/mol. The molecule has 4 aromatic rings. The molecule has 160 valence electrons. The molecular formula is C26H15Cl3N4. The lowest BCUT2D eigenvalue weighted by Crippen LogP contribution is -1.82. The Morgan fingerprint density at radius 1 is 0.545 bits per heavy atom. The van der Waals surface area contributed by atoms with E-state index in [2.05, 4.69) is 15.0 Å². The van der Waals surface area contributed by atoms with Gasteiger partial charge >= 0.3 is 0 Å². The van der Waals surface area contributed by atoms with Gasteiger partial charge in [0.15, 0.2) is 0 Å². The summed E-state index contributed by atoms with van der Waals surface area (Å²) in [4.78, 5) is 16.3. The number of hydrogen-bond acceptors (Lipinski definition) is 2. The number of aromatic amines is 2. The average Bonchev–Trinajstić information content (AvgIpc) is 3.57. The molecule has 2 N–H and O–H groups in total. The standard InChI is InChI=1S/C26H15Cl3N4/c27-22-7-8-23(28)26(29)25(22)21-12-20-11-18-4-3-16(31-18)9-14-1-2-15(30-14)10-17-5-6-19(32-17)13-24(21)33-20/h1-13,31,33H. The van der Waals surface area contributed by atoms with Crippen LogP contribution in [0.2, 0.25) is 15.1 Å². The zero-order valence-corrected chi connectivity index (χ0v) is 19.3. The zero-order valence-electron chi connectivity index (χ0n) is 17.0. The molecule has 4 nitrogen and oxygen atoms in total. The summed E-state index contributed by atoms with van der Waals surface area (Å²) >= 11 is 19.5. The van der Waals surface area contributed by atoms with Gasteiger partial charge in [-0.3, -0.25) is 0 Å². The van der Waals surface area contributed by atoms with Crippen molar-refractivity contribution in [3.63, 3.8) is 0 Å². The van der Waals surface area contributed by atoms with Gasteiger partial charge in [-0.15, -0.1) is 0 Å². The van der Waals surface area contributed by atoms with E-state index < -0.39 is 0 Å². The lowest BCUT2D eigenvalue weighted by molar-refractivity contribution is 1.28. The molecule has 33 heavy (non-hydrogen) atoms. The summed E-state index contributed by atoms with van der Waals surface area (Å²) in [7, 11) is 0. The third-order valence-electron chi connectivity index (χ3n) is 5.48. The van der Waals surface area contributed by atoms with Gasteiger partial charge in [0.05, 0.1) is 37.8 Å². The highest BCUT2D eigenvalue weighted by molar-refractivity contribution is 6.46. The van der Waals surface area contributed by atoms with E-state index in [1.54, 1.807) is 12.1 Å². The fourth-order valence-electron chi connectivity index (χ4n) is 4.00. The summed E-state index contributed by atoms with van der Waals surface area (Å²) in [5, 5.41) is 1.38. The highest BCUT2D eigenvalue weighted by Crippen LogP contribution is 2.41. The van der Waals surface area contributed by atoms with Crippen LogP contribution in [0.4, 0.5) is 0 Å². The molecule has 7 heteroatoms. The third-order valence-corrected chi connectivity index (χ3v) is 6.60. The smallest absolute Gasteiger partial charge is 0.0686 e. The number of rotatable bonds is 1. The lowest BCUT2D eigenvalue weighted by atomic mass is 10.1. The Hall–Kier alpha value is -3.31. The maximum atomic E-state index is 6.58. The first-order valence-corrected chi connectivity index (χ1v) is 11.4. The summed E-state index contributed by atoms with van der Waals surface area (Å²) < 4.78 is 0. The topological polar surface area (TPSA) is 57.4 Å². The number of halogens is 3. The van der Waals surface area contributed by atoms with Crippen LogP contribution in [0.15, 0.2) is 54.6 Å². The summed E-state index contributed by atoms with van der Waals surface area (Å²) in [6.07, 6.45) is 7.90. The van der Waals surface area contributed by atoms with E-state index >= 15 is 0 Å². The van der Waals surface area contributed by atoms with Gasteiger partial charge in [-0.2, -0.15) is 0 Å². The highest BCUT2D eigenvalue weighted by Gasteiger charge is 2.15. The van der Waals surface area contributed by atoms with Crippen LogP contribution in [-0.4, -0.2) is 19.9 Å². The normalized spacial score (nSPS) is 12.5.